The molecule has 92 valence electrons. The minimum absolute atomic E-state index is 0.676. The predicted octanol–water partition coefficient (Wildman–Crippen LogP) is 2.22. The maximum absolute atomic E-state index is 5.98. The van der Waals surface area contributed by atoms with E-state index in [9.17, 15) is 0 Å². The molecule has 0 saturated heterocycles. The molecule has 3 heteroatoms. The van der Waals surface area contributed by atoms with E-state index in [1.165, 1.54) is 38.5 Å². The highest BCUT2D eigenvalue weighted by molar-refractivity contribution is 5.78. The molecule has 0 unspecified atom stereocenters. The minimum atomic E-state index is 0.676. The van der Waals surface area contributed by atoms with E-state index in [1.54, 1.807) is 0 Å². The molecule has 2 rings (SSSR count). The van der Waals surface area contributed by atoms with E-state index in [4.69, 9.17) is 5.73 Å². The highest BCUT2D eigenvalue weighted by atomic mass is 15.3. The van der Waals surface area contributed by atoms with Crippen LogP contribution in [-0.4, -0.2) is 30.5 Å². The quantitative estimate of drug-likeness (QED) is 0.589. The van der Waals surface area contributed by atoms with E-state index in [1.807, 2.05) is 0 Å². The number of aliphatic imine (C=N–C) groups is 1. The lowest BCUT2D eigenvalue weighted by Gasteiger charge is -2.25. The van der Waals surface area contributed by atoms with E-state index in [-0.39, 0.29) is 0 Å². The Hall–Kier alpha value is -0.730. The fourth-order valence-corrected chi connectivity index (χ4v) is 2.49. The van der Waals surface area contributed by atoms with Gasteiger partial charge in [0.1, 0.15) is 0 Å². The van der Waals surface area contributed by atoms with Gasteiger partial charge in [-0.25, -0.2) is 0 Å². The van der Waals surface area contributed by atoms with Gasteiger partial charge in [-0.15, -0.1) is 0 Å². The van der Waals surface area contributed by atoms with Gasteiger partial charge in [-0.05, 0) is 37.5 Å². The Morgan fingerprint density at radius 1 is 1.19 bits per heavy atom. The van der Waals surface area contributed by atoms with Gasteiger partial charge < -0.3 is 10.6 Å². The lowest BCUT2D eigenvalue weighted by Crippen LogP contribution is -2.36. The molecule has 0 amide bonds. The third-order valence-corrected chi connectivity index (χ3v) is 4.10. The molecule has 0 aromatic heterocycles. The number of rotatable bonds is 3. The second-order valence-electron chi connectivity index (χ2n) is 5.67. The summed E-state index contributed by atoms with van der Waals surface area (Å²) in [4.78, 5) is 6.70. The molecule has 0 aromatic rings. The summed E-state index contributed by atoms with van der Waals surface area (Å²) in [7, 11) is 2.07. The Morgan fingerprint density at radius 3 is 2.38 bits per heavy atom. The molecular weight excluding hydrogens is 198 g/mol. The van der Waals surface area contributed by atoms with Gasteiger partial charge in [-0.1, -0.05) is 19.8 Å². The molecular formula is C13H25N3. The fourth-order valence-electron chi connectivity index (χ4n) is 2.49. The first kappa shape index (κ1) is 11.7. The first-order valence-corrected chi connectivity index (χ1v) is 6.69. The number of nitrogens with zero attached hydrogens (tertiary/aromatic N) is 2. The summed E-state index contributed by atoms with van der Waals surface area (Å²) in [5, 5.41) is 0. The van der Waals surface area contributed by atoms with Crippen molar-refractivity contribution in [1.82, 2.24) is 4.90 Å². The zero-order valence-corrected chi connectivity index (χ0v) is 10.7. The van der Waals surface area contributed by atoms with Crippen molar-refractivity contribution in [1.29, 1.82) is 0 Å². The number of hydrogen-bond donors (Lipinski definition) is 1. The van der Waals surface area contributed by atoms with Crippen molar-refractivity contribution in [3.05, 3.63) is 0 Å². The normalized spacial score (nSPS) is 31.5. The molecule has 0 atom stereocenters. The Balaban J connectivity index is 1.74. The van der Waals surface area contributed by atoms with Crippen LogP contribution in [-0.2, 0) is 0 Å². The third kappa shape index (κ3) is 3.13. The van der Waals surface area contributed by atoms with E-state index in [2.05, 4.69) is 23.9 Å². The average Bonchev–Trinajstić information content (AvgIpc) is 3.11. The first-order valence-electron chi connectivity index (χ1n) is 6.69. The molecule has 2 aliphatic carbocycles. The molecule has 0 aromatic carbocycles. The predicted molar refractivity (Wildman–Crippen MR) is 68.4 cm³/mol. The molecule has 0 spiro atoms. The smallest absolute Gasteiger partial charge is 0.191 e. The maximum atomic E-state index is 5.98. The Bertz CT molecular complexity index is 250. The van der Waals surface area contributed by atoms with Crippen molar-refractivity contribution in [3.63, 3.8) is 0 Å². The summed E-state index contributed by atoms with van der Waals surface area (Å²) >= 11 is 0. The number of guanidine groups is 1. The highest BCUT2D eigenvalue weighted by Crippen LogP contribution is 2.28. The number of nitrogens with two attached hydrogens (primary N) is 1. The van der Waals surface area contributed by atoms with Crippen LogP contribution in [0.1, 0.15) is 45.4 Å². The molecule has 3 nitrogen and oxygen atoms in total. The average molecular weight is 223 g/mol. The van der Waals surface area contributed by atoms with Crippen LogP contribution in [0.25, 0.3) is 0 Å². The summed E-state index contributed by atoms with van der Waals surface area (Å²) in [6.45, 7) is 3.30. The summed E-state index contributed by atoms with van der Waals surface area (Å²) < 4.78 is 0. The lowest BCUT2D eigenvalue weighted by atomic mass is 9.83. The van der Waals surface area contributed by atoms with Crippen LogP contribution >= 0.6 is 0 Å². The molecule has 0 bridgehead atoms. The second kappa shape index (κ2) is 5.07. The zero-order chi connectivity index (χ0) is 11.5. The number of hydrogen-bond acceptors (Lipinski definition) is 1. The van der Waals surface area contributed by atoms with Gasteiger partial charge in [-0.3, -0.25) is 4.99 Å². The molecule has 2 aliphatic rings. The van der Waals surface area contributed by atoms with Crippen molar-refractivity contribution < 1.29 is 0 Å². The Labute approximate surface area is 99.1 Å². The second-order valence-corrected chi connectivity index (χ2v) is 5.67. The van der Waals surface area contributed by atoms with Gasteiger partial charge >= 0.3 is 0 Å². The van der Waals surface area contributed by atoms with Crippen LogP contribution in [0.3, 0.4) is 0 Å². The van der Waals surface area contributed by atoms with Crippen LogP contribution in [0.5, 0.6) is 0 Å². The summed E-state index contributed by atoms with van der Waals surface area (Å²) in [5.41, 5.74) is 5.98. The van der Waals surface area contributed by atoms with E-state index >= 15 is 0 Å². The first-order chi connectivity index (χ1) is 7.66. The zero-order valence-electron chi connectivity index (χ0n) is 10.7. The molecule has 2 saturated carbocycles. The third-order valence-electron chi connectivity index (χ3n) is 4.10. The minimum Gasteiger partial charge on any atom is -0.370 e. The van der Waals surface area contributed by atoms with Crippen LogP contribution in [0, 0.1) is 11.8 Å². The summed E-state index contributed by atoms with van der Waals surface area (Å²) in [5.74, 6) is 2.45. The lowest BCUT2D eigenvalue weighted by molar-refractivity contribution is 0.295. The topological polar surface area (TPSA) is 41.6 Å². The van der Waals surface area contributed by atoms with Gasteiger partial charge in [0.15, 0.2) is 5.96 Å². The van der Waals surface area contributed by atoms with Crippen molar-refractivity contribution >= 4 is 5.96 Å². The largest absolute Gasteiger partial charge is 0.370 e. The van der Waals surface area contributed by atoms with E-state index in [0.29, 0.717) is 6.04 Å². The van der Waals surface area contributed by atoms with Crippen molar-refractivity contribution in [3.8, 4) is 0 Å². The van der Waals surface area contributed by atoms with Crippen molar-refractivity contribution in [2.24, 2.45) is 22.6 Å². The molecule has 0 heterocycles. The van der Waals surface area contributed by atoms with Gasteiger partial charge in [0.25, 0.3) is 0 Å². The van der Waals surface area contributed by atoms with Crippen molar-refractivity contribution in [2.75, 3.05) is 13.6 Å². The monoisotopic (exact) mass is 223 g/mol. The summed E-state index contributed by atoms with van der Waals surface area (Å²) in [6, 6.07) is 0.676. The maximum Gasteiger partial charge on any atom is 0.191 e. The molecule has 0 radical (unpaired) electrons. The molecule has 2 N–H and O–H groups in total. The standard InChI is InChI=1S/C13H25N3/c1-10-3-5-11(6-4-10)9-15-13(14)16(2)12-7-8-12/h10-12H,3-9H2,1-2H3,(H2,14,15). The van der Waals surface area contributed by atoms with Crippen LogP contribution in [0.2, 0.25) is 0 Å². The SMILES string of the molecule is CC1CCC(CN=C(N)N(C)C2CC2)CC1. The van der Waals surface area contributed by atoms with Crippen LogP contribution in [0.4, 0.5) is 0 Å². The van der Waals surface area contributed by atoms with E-state index < -0.39 is 0 Å². The van der Waals surface area contributed by atoms with Gasteiger partial charge in [0.05, 0.1) is 0 Å². The fraction of sp³-hybridized carbons (Fsp3) is 0.923. The van der Waals surface area contributed by atoms with Gasteiger partial charge in [0, 0.05) is 19.6 Å². The Morgan fingerprint density at radius 2 is 1.81 bits per heavy atom. The Kier molecular flexibility index (Phi) is 3.72. The van der Waals surface area contributed by atoms with E-state index in [0.717, 1.165) is 24.3 Å². The van der Waals surface area contributed by atoms with Crippen molar-refractivity contribution in [2.45, 2.75) is 51.5 Å². The highest BCUT2D eigenvalue weighted by Gasteiger charge is 2.27. The molecule has 0 aliphatic heterocycles. The van der Waals surface area contributed by atoms with Gasteiger partial charge in [0.2, 0.25) is 0 Å². The van der Waals surface area contributed by atoms with Gasteiger partial charge in [-0.2, -0.15) is 0 Å². The van der Waals surface area contributed by atoms with Crippen LogP contribution in [0.15, 0.2) is 4.99 Å². The molecule has 2 fully saturated rings. The summed E-state index contributed by atoms with van der Waals surface area (Å²) in [6.07, 6.45) is 7.99. The van der Waals surface area contributed by atoms with Crippen LogP contribution < -0.4 is 5.73 Å². The molecule has 16 heavy (non-hydrogen) atoms.